The van der Waals surface area contributed by atoms with E-state index in [1.54, 1.807) is 0 Å². The smallest absolute Gasteiger partial charge is 0.335 e. The summed E-state index contributed by atoms with van der Waals surface area (Å²) in [7, 11) is 0. The Morgan fingerprint density at radius 1 is 1.07 bits per heavy atom. The van der Waals surface area contributed by atoms with Crippen LogP contribution in [0.5, 0.6) is 0 Å². The molecule has 0 radical (unpaired) electrons. The third-order valence-electron chi connectivity index (χ3n) is 4.07. The number of amides is 1. The highest BCUT2D eigenvalue weighted by Crippen LogP contribution is 2.12. The van der Waals surface area contributed by atoms with Crippen LogP contribution in [0.4, 0.5) is 4.39 Å². The van der Waals surface area contributed by atoms with E-state index in [1.165, 1.54) is 26.0 Å². The first-order valence-corrected chi connectivity index (χ1v) is 8.80. The maximum absolute atomic E-state index is 12.9. The van der Waals surface area contributed by atoms with Gasteiger partial charge in [0, 0.05) is 12.2 Å². The minimum absolute atomic E-state index is 0.195. The quantitative estimate of drug-likeness (QED) is 0.479. The Kier molecular flexibility index (Phi) is 8.87. The second-order valence-corrected chi connectivity index (χ2v) is 6.74. The molecule has 8 heteroatoms. The minimum Gasteiger partial charge on any atom is -0.480 e. The Labute approximate surface area is 157 Å². The molecule has 0 aliphatic rings. The fourth-order valence-corrected chi connectivity index (χ4v) is 2.29. The number of nitrogens with one attached hydrogen (secondary N) is 1. The first-order valence-electron chi connectivity index (χ1n) is 8.80. The standard InChI is InChI=1S/C19H26FNO6/c1-19(2,18(25)26)27-12-6-4-3-5-7-15(17(23)24)21-16(22)13-8-10-14(20)11-9-13/h8-11,15H,3-7,12H2,1-2H3,(H,21,22)(H,23,24)(H,25,26). The molecule has 1 aromatic rings. The van der Waals surface area contributed by atoms with Gasteiger partial charge in [0.25, 0.3) is 5.91 Å². The van der Waals surface area contributed by atoms with Gasteiger partial charge in [0.15, 0.2) is 5.60 Å². The Morgan fingerprint density at radius 3 is 2.22 bits per heavy atom. The molecular weight excluding hydrogens is 357 g/mol. The molecule has 0 heterocycles. The molecule has 0 saturated carbocycles. The van der Waals surface area contributed by atoms with Crippen molar-refractivity contribution in [2.75, 3.05) is 6.61 Å². The van der Waals surface area contributed by atoms with Crippen LogP contribution in [0.2, 0.25) is 0 Å². The highest BCUT2D eigenvalue weighted by Gasteiger charge is 2.27. The summed E-state index contributed by atoms with van der Waals surface area (Å²) in [5, 5.41) is 20.6. The monoisotopic (exact) mass is 383 g/mol. The van der Waals surface area contributed by atoms with Crippen molar-refractivity contribution in [3.63, 3.8) is 0 Å². The number of carboxylic acids is 2. The molecule has 1 unspecified atom stereocenters. The van der Waals surface area contributed by atoms with Crippen molar-refractivity contribution in [1.82, 2.24) is 5.32 Å². The molecule has 0 fully saturated rings. The van der Waals surface area contributed by atoms with E-state index in [0.717, 1.165) is 25.0 Å². The molecule has 1 rings (SSSR count). The molecular formula is C19H26FNO6. The number of carbonyl (C=O) groups is 3. The van der Waals surface area contributed by atoms with Crippen LogP contribution >= 0.6 is 0 Å². The average Bonchev–Trinajstić information content (AvgIpc) is 2.59. The van der Waals surface area contributed by atoms with Crippen molar-refractivity contribution in [3.8, 4) is 0 Å². The first-order chi connectivity index (χ1) is 12.6. The van der Waals surface area contributed by atoms with Crippen molar-refractivity contribution in [1.29, 1.82) is 0 Å². The Balaban J connectivity index is 2.31. The second-order valence-electron chi connectivity index (χ2n) is 6.74. The lowest BCUT2D eigenvalue weighted by Gasteiger charge is -2.19. The molecule has 0 spiro atoms. The first kappa shape index (κ1) is 22.6. The summed E-state index contributed by atoms with van der Waals surface area (Å²) in [6.07, 6.45) is 3.00. The molecule has 0 saturated heterocycles. The number of hydrogen-bond acceptors (Lipinski definition) is 4. The molecule has 27 heavy (non-hydrogen) atoms. The number of ether oxygens (including phenoxy) is 1. The molecule has 3 N–H and O–H groups in total. The van der Waals surface area contributed by atoms with Crippen LogP contribution < -0.4 is 5.32 Å². The number of aliphatic carboxylic acids is 2. The van der Waals surface area contributed by atoms with Gasteiger partial charge in [-0.25, -0.2) is 14.0 Å². The van der Waals surface area contributed by atoms with E-state index in [2.05, 4.69) is 5.32 Å². The molecule has 1 atom stereocenters. The highest BCUT2D eigenvalue weighted by atomic mass is 19.1. The van der Waals surface area contributed by atoms with Crippen molar-refractivity contribution in [2.24, 2.45) is 0 Å². The maximum atomic E-state index is 12.9. The van der Waals surface area contributed by atoms with E-state index in [-0.39, 0.29) is 12.0 Å². The lowest BCUT2D eigenvalue weighted by molar-refractivity contribution is -0.161. The zero-order valence-electron chi connectivity index (χ0n) is 15.5. The largest absolute Gasteiger partial charge is 0.480 e. The van der Waals surface area contributed by atoms with Crippen LogP contribution in [0.3, 0.4) is 0 Å². The van der Waals surface area contributed by atoms with E-state index in [1.807, 2.05) is 0 Å². The third-order valence-corrected chi connectivity index (χ3v) is 4.07. The van der Waals surface area contributed by atoms with Crippen LogP contribution in [-0.4, -0.2) is 46.3 Å². The number of halogens is 1. The fourth-order valence-electron chi connectivity index (χ4n) is 2.29. The lowest BCUT2D eigenvalue weighted by Crippen LogP contribution is -2.40. The number of carboxylic acid groups (broad SMARTS) is 2. The number of hydrogen-bond donors (Lipinski definition) is 3. The third kappa shape index (κ3) is 8.17. The number of benzene rings is 1. The molecule has 0 aliphatic carbocycles. The molecule has 0 aromatic heterocycles. The van der Waals surface area contributed by atoms with Crippen LogP contribution in [0, 0.1) is 5.82 Å². The SMILES string of the molecule is CC(C)(OCCCCCCC(NC(=O)c1ccc(F)cc1)C(=O)O)C(=O)O. The van der Waals surface area contributed by atoms with Gasteiger partial charge >= 0.3 is 11.9 Å². The predicted octanol–water partition coefficient (Wildman–Crippen LogP) is 2.84. The summed E-state index contributed by atoms with van der Waals surface area (Å²) >= 11 is 0. The van der Waals surface area contributed by atoms with Crippen molar-refractivity contribution in [2.45, 2.75) is 57.6 Å². The minimum atomic E-state index is -1.22. The van der Waals surface area contributed by atoms with E-state index < -0.39 is 35.3 Å². The van der Waals surface area contributed by atoms with Gasteiger partial charge in [-0.1, -0.05) is 19.3 Å². The van der Waals surface area contributed by atoms with Crippen LogP contribution in [0.25, 0.3) is 0 Å². The second kappa shape index (κ2) is 10.6. The average molecular weight is 383 g/mol. The number of unbranched alkanes of at least 4 members (excludes halogenated alkanes) is 3. The highest BCUT2D eigenvalue weighted by molar-refractivity contribution is 5.96. The normalized spacial score (nSPS) is 12.4. The van der Waals surface area contributed by atoms with Gasteiger partial charge in [0.1, 0.15) is 11.9 Å². The van der Waals surface area contributed by atoms with Crippen molar-refractivity contribution < 1.29 is 33.7 Å². The Morgan fingerprint density at radius 2 is 1.67 bits per heavy atom. The molecule has 7 nitrogen and oxygen atoms in total. The van der Waals surface area contributed by atoms with Gasteiger partial charge in [-0.2, -0.15) is 0 Å². The van der Waals surface area contributed by atoms with E-state index in [4.69, 9.17) is 9.84 Å². The van der Waals surface area contributed by atoms with Gasteiger partial charge in [-0.15, -0.1) is 0 Å². The van der Waals surface area contributed by atoms with Gasteiger partial charge in [0.05, 0.1) is 0 Å². The van der Waals surface area contributed by atoms with E-state index >= 15 is 0 Å². The molecule has 1 amide bonds. The molecule has 1 aromatic carbocycles. The van der Waals surface area contributed by atoms with Crippen LogP contribution in [0.1, 0.15) is 56.3 Å². The number of rotatable bonds is 12. The molecule has 0 bridgehead atoms. The summed E-state index contributed by atoms with van der Waals surface area (Å²) < 4.78 is 18.2. The van der Waals surface area contributed by atoms with Gasteiger partial charge in [-0.05, 0) is 51.0 Å². The van der Waals surface area contributed by atoms with Crippen LogP contribution in [0.15, 0.2) is 24.3 Å². The van der Waals surface area contributed by atoms with E-state index in [9.17, 15) is 23.9 Å². The van der Waals surface area contributed by atoms with E-state index in [0.29, 0.717) is 19.4 Å². The summed E-state index contributed by atoms with van der Waals surface area (Å²) in [4.78, 5) is 34.2. The van der Waals surface area contributed by atoms with Gasteiger partial charge in [-0.3, -0.25) is 4.79 Å². The summed E-state index contributed by atoms with van der Waals surface area (Å²) in [6, 6.07) is 3.84. The zero-order valence-corrected chi connectivity index (χ0v) is 15.5. The topological polar surface area (TPSA) is 113 Å². The predicted molar refractivity (Wildman–Crippen MR) is 96.0 cm³/mol. The summed E-state index contributed by atoms with van der Waals surface area (Å²) in [5.74, 6) is -3.19. The van der Waals surface area contributed by atoms with Crippen LogP contribution in [-0.2, 0) is 14.3 Å². The van der Waals surface area contributed by atoms with Crippen molar-refractivity contribution in [3.05, 3.63) is 35.6 Å². The van der Waals surface area contributed by atoms with Crippen molar-refractivity contribution >= 4 is 17.8 Å². The lowest BCUT2D eigenvalue weighted by atomic mass is 10.1. The zero-order chi connectivity index (χ0) is 20.4. The Hall–Kier alpha value is -2.48. The summed E-state index contributed by atoms with van der Waals surface area (Å²) in [6.45, 7) is 3.27. The van der Waals surface area contributed by atoms with Gasteiger partial charge in [0.2, 0.25) is 0 Å². The molecule has 150 valence electrons. The fraction of sp³-hybridized carbons (Fsp3) is 0.526. The maximum Gasteiger partial charge on any atom is 0.335 e. The Bertz CT molecular complexity index is 644. The summed E-state index contributed by atoms with van der Waals surface area (Å²) in [5.41, 5.74) is -1.03. The van der Waals surface area contributed by atoms with Gasteiger partial charge < -0.3 is 20.3 Å². The molecule has 0 aliphatic heterocycles. The number of carbonyl (C=O) groups excluding carboxylic acids is 1.